The molecule has 0 aromatic heterocycles. The van der Waals surface area contributed by atoms with Gasteiger partial charge in [-0.3, -0.25) is 9.59 Å². The number of carbonyl (C=O) groups excluding carboxylic acids is 1. The van der Waals surface area contributed by atoms with Crippen LogP contribution in [0.2, 0.25) is 0 Å². The number of carboxylic acids is 1. The van der Waals surface area contributed by atoms with Crippen molar-refractivity contribution in [2.45, 2.75) is 25.3 Å². The molecule has 2 N–H and O–H groups in total. The lowest BCUT2D eigenvalue weighted by Crippen LogP contribution is -2.35. The van der Waals surface area contributed by atoms with Crippen molar-refractivity contribution in [2.75, 3.05) is 6.54 Å². The first-order chi connectivity index (χ1) is 8.99. The van der Waals surface area contributed by atoms with Crippen LogP contribution in [0.5, 0.6) is 5.75 Å². The van der Waals surface area contributed by atoms with Crippen LogP contribution in [0.4, 0.5) is 4.39 Å². The lowest BCUT2D eigenvalue weighted by molar-refractivity contribution is -0.137. The van der Waals surface area contributed by atoms with E-state index in [1.165, 1.54) is 4.90 Å². The summed E-state index contributed by atoms with van der Waals surface area (Å²) in [7, 11) is 0. The normalized spacial score (nSPS) is 14.2. The summed E-state index contributed by atoms with van der Waals surface area (Å²) in [6, 6.07) is 3.14. The number of hydrogen-bond acceptors (Lipinski definition) is 3. The third-order valence-electron chi connectivity index (χ3n) is 3.00. The Bertz CT molecular complexity index is 513. The Morgan fingerprint density at radius 1 is 1.37 bits per heavy atom. The fourth-order valence-electron chi connectivity index (χ4n) is 1.89. The van der Waals surface area contributed by atoms with Gasteiger partial charge in [0.05, 0.1) is 12.0 Å². The third-order valence-corrected chi connectivity index (χ3v) is 3.00. The van der Waals surface area contributed by atoms with Gasteiger partial charge in [-0.2, -0.15) is 0 Å². The number of aliphatic carboxylic acids is 1. The van der Waals surface area contributed by atoms with Crippen LogP contribution in [0.3, 0.4) is 0 Å². The zero-order valence-corrected chi connectivity index (χ0v) is 10.2. The number of rotatable bonds is 5. The Morgan fingerprint density at radius 3 is 2.63 bits per heavy atom. The summed E-state index contributed by atoms with van der Waals surface area (Å²) >= 11 is 0. The fraction of sp³-hybridized carbons (Fsp3) is 0.385. The second-order valence-corrected chi connectivity index (χ2v) is 4.53. The SMILES string of the molecule is O=C(O)CCN(C(=O)c1cc(F)ccc1O)C1CC1. The van der Waals surface area contributed by atoms with Crippen LogP contribution in [-0.4, -0.2) is 39.6 Å². The first-order valence-corrected chi connectivity index (χ1v) is 6.00. The van der Waals surface area contributed by atoms with Crippen molar-refractivity contribution < 1.29 is 24.2 Å². The number of aromatic hydroxyl groups is 1. The monoisotopic (exact) mass is 267 g/mol. The lowest BCUT2D eigenvalue weighted by atomic mass is 10.1. The van der Waals surface area contributed by atoms with E-state index in [-0.39, 0.29) is 30.3 Å². The topological polar surface area (TPSA) is 77.8 Å². The van der Waals surface area contributed by atoms with E-state index in [0.29, 0.717) is 0 Å². The van der Waals surface area contributed by atoms with Gasteiger partial charge in [-0.05, 0) is 31.0 Å². The maximum atomic E-state index is 13.1. The Morgan fingerprint density at radius 2 is 2.05 bits per heavy atom. The molecule has 1 saturated carbocycles. The molecule has 0 radical (unpaired) electrons. The maximum absolute atomic E-state index is 13.1. The lowest BCUT2D eigenvalue weighted by Gasteiger charge is -2.22. The zero-order valence-electron chi connectivity index (χ0n) is 10.2. The molecule has 0 spiro atoms. The molecular formula is C13H14FNO4. The van der Waals surface area contributed by atoms with E-state index < -0.39 is 17.7 Å². The summed E-state index contributed by atoms with van der Waals surface area (Å²) in [5.74, 6) is -2.44. The molecule has 0 saturated heterocycles. The molecule has 0 aliphatic heterocycles. The molecule has 102 valence electrons. The van der Waals surface area contributed by atoms with Gasteiger partial charge >= 0.3 is 5.97 Å². The van der Waals surface area contributed by atoms with Crippen molar-refractivity contribution in [2.24, 2.45) is 0 Å². The first kappa shape index (κ1) is 13.3. The second-order valence-electron chi connectivity index (χ2n) is 4.53. The quantitative estimate of drug-likeness (QED) is 0.849. The summed E-state index contributed by atoms with van der Waals surface area (Å²) in [4.78, 5) is 24.2. The third kappa shape index (κ3) is 3.21. The van der Waals surface area contributed by atoms with Gasteiger partial charge in [0.15, 0.2) is 0 Å². The van der Waals surface area contributed by atoms with Crippen molar-refractivity contribution in [1.82, 2.24) is 4.90 Å². The molecule has 19 heavy (non-hydrogen) atoms. The summed E-state index contributed by atoms with van der Waals surface area (Å²) in [5.41, 5.74) is -0.128. The van der Waals surface area contributed by atoms with Crippen molar-refractivity contribution in [3.05, 3.63) is 29.6 Å². The van der Waals surface area contributed by atoms with Crippen LogP contribution in [0.25, 0.3) is 0 Å². The van der Waals surface area contributed by atoms with Gasteiger partial charge in [-0.1, -0.05) is 0 Å². The molecular weight excluding hydrogens is 253 g/mol. The molecule has 1 aromatic carbocycles. The fourth-order valence-corrected chi connectivity index (χ4v) is 1.89. The molecule has 1 aliphatic carbocycles. The summed E-state index contributed by atoms with van der Waals surface area (Å²) < 4.78 is 13.1. The molecule has 1 amide bonds. The molecule has 1 aliphatic rings. The number of phenols is 1. The van der Waals surface area contributed by atoms with E-state index in [1.807, 2.05) is 0 Å². The van der Waals surface area contributed by atoms with Crippen molar-refractivity contribution in [3.63, 3.8) is 0 Å². The van der Waals surface area contributed by atoms with Crippen LogP contribution in [0.1, 0.15) is 29.6 Å². The largest absolute Gasteiger partial charge is 0.507 e. The number of carboxylic acid groups (broad SMARTS) is 1. The predicted octanol–water partition coefficient (Wildman–Crippen LogP) is 1.61. The van der Waals surface area contributed by atoms with E-state index in [2.05, 4.69) is 0 Å². The minimum Gasteiger partial charge on any atom is -0.507 e. The molecule has 0 bridgehead atoms. The molecule has 6 heteroatoms. The van der Waals surface area contributed by atoms with Gasteiger partial charge in [-0.15, -0.1) is 0 Å². The van der Waals surface area contributed by atoms with Gasteiger partial charge in [0.25, 0.3) is 5.91 Å². The highest BCUT2D eigenvalue weighted by atomic mass is 19.1. The standard InChI is InChI=1S/C13H14FNO4/c14-8-1-4-11(16)10(7-8)13(19)15(9-2-3-9)6-5-12(17)18/h1,4,7,9,16H,2-3,5-6H2,(H,17,18). The number of carbonyl (C=O) groups is 2. The average Bonchev–Trinajstić information content (AvgIpc) is 3.16. The number of amides is 1. The minimum absolute atomic E-state index is 0.00508. The molecule has 1 fully saturated rings. The molecule has 0 heterocycles. The molecule has 2 rings (SSSR count). The smallest absolute Gasteiger partial charge is 0.305 e. The first-order valence-electron chi connectivity index (χ1n) is 6.00. The Balaban J connectivity index is 2.18. The van der Waals surface area contributed by atoms with E-state index in [1.54, 1.807) is 0 Å². The highest BCUT2D eigenvalue weighted by Gasteiger charge is 2.34. The van der Waals surface area contributed by atoms with E-state index in [4.69, 9.17) is 5.11 Å². The Kier molecular flexibility index (Phi) is 3.69. The molecule has 1 aromatic rings. The van der Waals surface area contributed by atoms with Gasteiger partial charge in [0.2, 0.25) is 0 Å². The van der Waals surface area contributed by atoms with Crippen LogP contribution < -0.4 is 0 Å². The van der Waals surface area contributed by atoms with Gasteiger partial charge < -0.3 is 15.1 Å². The molecule has 0 atom stereocenters. The van der Waals surface area contributed by atoms with Crippen LogP contribution >= 0.6 is 0 Å². The Labute approximate surface area is 109 Å². The summed E-state index contributed by atoms with van der Waals surface area (Å²) in [6.45, 7) is 0.0643. The molecule has 5 nitrogen and oxygen atoms in total. The van der Waals surface area contributed by atoms with Gasteiger partial charge in [0.1, 0.15) is 11.6 Å². The predicted molar refractivity (Wildman–Crippen MR) is 64.4 cm³/mol. The highest BCUT2D eigenvalue weighted by molar-refractivity contribution is 5.97. The van der Waals surface area contributed by atoms with E-state index in [9.17, 15) is 19.1 Å². The van der Waals surface area contributed by atoms with E-state index in [0.717, 1.165) is 31.0 Å². The van der Waals surface area contributed by atoms with Gasteiger partial charge in [-0.25, -0.2) is 4.39 Å². The van der Waals surface area contributed by atoms with Crippen LogP contribution in [0.15, 0.2) is 18.2 Å². The number of benzene rings is 1. The zero-order chi connectivity index (χ0) is 14.0. The number of phenolic OH excluding ortho intramolecular Hbond substituents is 1. The summed E-state index contributed by atoms with van der Waals surface area (Å²) in [6.07, 6.45) is 1.45. The maximum Gasteiger partial charge on any atom is 0.305 e. The number of halogens is 1. The van der Waals surface area contributed by atoms with E-state index >= 15 is 0 Å². The van der Waals surface area contributed by atoms with Crippen molar-refractivity contribution in [3.8, 4) is 5.75 Å². The summed E-state index contributed by atoms with van der Waals surface area (Å²) in [5, 5.41) is 18.3. The van der Waals surface area contributed by atoms with Gasteiger partial charge in [0, 0.05) is 12.6 Å². The second kappa shape index (κ2) is 5.26. The molecule has 0 unspecified atom stereocenters. The number of hydrogen-bond donors (Lipinski definition) is 2. The minimum atomic E-state index is -0.998. The van der Waals surface area contributed by atoms with Crippen molar-refractivity contribution >= 4 is 11.9 Å². The average molecular weight is 267 g/mol. The number of nitrogens with zero attached hydrogens (tertiary/aromatic N) is 1. The Hall–Kier alpha value is -2.11. The van der Waals surface area contributed by atoms with Crippen molar-refractivity contribution in [1.29, 1.82) is 0 Å². The van der Waals surface area contributed by atoms with Crippen LogP contribution in [-0.2, 0) is 4.79 Å². The highest BCUT2D eigenvalue weighted by Crippen LogP contribution is 2.30. The van der Waals surface area contributed by atoms with Crippen LogP contribution in [0, 0.1) is 5.82 Å².